The van der Waals surface area contributed by atoms with Crippen molar-refractivity contribution in [2.75, 3.05) is 11.4 Å². The van der Waals surface area contributed by atoms with Crippen molar-refractivity contribution < 1.29 is 4.79 Å². The third kappa shape index (κ3) is 2.68. The number of amides is 1. The average Bonchev–Trinajstić information content (AvgIpc) is 3.16. The summed E-state index contributed by atoms with van der Waals surface area (Å²) in [5.41, 5.74) is 5.52. The van der Waals surface area contributed by atoms with Gasteiger partial charge in [0.15, 0.2) is 0 Å². The van der Waals surface area contributed by atoms with E-state index >= 15 is 0 Å². The molecule has 0 radical (unpaired) electrons. The molecule has 0 fully saturated rings. The first kappa shape index (κ1) is 16.1. The molecular formula is C20H18BrN3O. The Morgan fingerprint density at radius 2 is 1.80 bits per heavy atom. The van der Waals surface area contributed by atoms with E-state index in [0.29, 0.717) is 5.56 Å². The number of hydrogen-bond acceptors (Lipinski definition) is 2. The predicted octanol–water partition coefficient (Wildman–Crippen LogP) is 4.45. The number of benzene rings is 2. The number of hydrogen-bond donors (Lipinski definition) is 0. The number of carbonyl (C=O) groups is 1. The lowest BCUT2D eigenvalue weighted by molar-refractivity contribution is 0.0988. The Bertz CT molecular complexity index is 960. The van der Waals surface area contributed by atoms with Crippen LogP contribution in [0.25, 0.3) is 5.69 Å². The monoisotopic (exact) mass is 395 g/mol. The molecule has 0 N–H and O–H groups in total. The van der Waals surface area contributed by atoms with Crippen LogP contribution in [0.4, 0.5) is 5.69 Å². The molecule has 4 nitrogen and oxygen atoms in total. The fourth-order valence-corrected chi connectivity index (χ4v) is 3.73. The van der Waals surface area contributed by atoms with E-state index in [1.54, 1.807) is 0 Å². The van der Waals surface area contributed by atoms with Gasteiger partial charge in [0.25, 0.3) is 5.91 Å². The molecule has 1 amide bonds. The first-order chi connectivity index (χ1) is 12.1. The van der Waals surface area contributed by atoms with Crippen LogP contribution in [0.3, 0.4) is 0 Å². The number of anilines is 1. The van der Waals surface area contributed by atoms with Gasteiger partial charge < -0.3 is 4.90 Å². The second-order valence-electron chi connectivity index (χ2n) is 6.27. The van der Waals surface area contributed by atoms with Gasteiger partial charge in [0, 0.05) is 16.7 Å². The summed E-state index contributed by atoms with van der Waals surface area (Å²) in [7, 11) is 0. The first-order valence-corrected chi connectivity index (χ1v) is 9.07. The highest BCUT2D eigenvalue weighted by atomic mass is 79.9. The Morgan fingerprint density at radius 1 is 1.08 bits per heavy atom. The minimum atomic E-state index is 0.0308. The topological polar surface area (TPSA) is 38.1 Å². The highest BCUT2D eigenvalue weighted by Crippen LogP contribution is 2.30. The molecule has 2 heterocycles. The third-order valence-corrected chi connectivity index (χ3v) is 5.24. The van der Waals surface area contributed by atoms with Crippen molar-refractivity contribution in [1.29, 1.82) is 0 Å². The van der Waals surface area contributed by atoms with Crippen LogP contribution in [0.5, 0.6) is 0 Å². The van der Waals surface area contributed by atoms with Gasteiger partial charge in [0.05, 0.1) is 22.6 Å². The lowest BCUT2D eigenvalue weighted by Crippen LogP contribution is -2.29. The van der Waals surface area contributed by atoms with E-state index in [2.05, 4.69) is 27.1 Å². The fourth-order valence-electron chi connectivity index (χ4n) is 3.47. The molecule has 0 unspecified atom stereocenters. The molecule has 1 aromatic heterocycles. The SMILES string of the molecule is Cc1nn(-c2ccc(Br)cc2)c(C)c1C(=O)N1CCc2ccccc21. The zero-order chi connectivity index (χ0) is 17.6. The zero-order valence-corrected chi connectivity index (χ0v) is 15.7. The van der Waals surface area contributed by atoms with Crippen molar-refractivity contribution in [3.05, 3.63) is 75.5 Å². The van der Waals surface area contributed by atoms with Gasteiger partial charge in [-0.05, 0) is 56.2 Å². The molecule has 1 aliphatic rings. The van der Waals surface area contributed by atoms with E-state index in [-0.39, 0.29) is 5.91 Å². The Balaban J connectivity index is 1.74. The lowest BCUT2D eigenvalue weighted by atomic mass is 10.1. The third-order valence-electron chi connectivity index (χ3n) is 4.71. The molecule has 3 aromatic rings. The number of carbonyl (C=O) groups excluding carboxylic acids is 1. The van der Waals surface area contributed by atoms with Crippen LogP contribution in [-0.2, 0) is 6.42 Å². The van der Waals surface area contributed by atoms with Gasteiger partial charge >= 0.3 is 0 Å². The highest BCUT2D eigenvalue weighted by molar-refractivity contribution is 9.10. The van der Waals surface area contributed by atoms with Crippen molar-refractivity contribution in [3.8, 4) is 5.69 Å². The summed E-state index contributed by atoms with van der Waals surface area (Å²) in [5.74, 6) is 0.0308. The van der Waals surface area contributed by atoms with E-state index in [1.165, 1.54) is 5.56 Å². The van der Waals surface area contributed by atoms with Crippen LogP contribution < -0.4 is 4.90 Å². The summed E-state index contributed by atoms with van der Waals surface area (Å²) in [4.78, 5) is 15.1. The summed E-state index contributed by atoms with van der Waals surface area (Å²) in [6.45, 7) is 4.58. The van der Waals surface area contributed by atoms with Gasteiger partial charge in [0.1, 0.15) is 0 Å². The van der Waals surface area contributed by atoms with Crippen molar-refractivity contribution in [2.24, 2.45) is 0 Å². The van der Waals surface area contributed by atoms with Gasteiger partial charge in [-0.25, -0.2) is 4.68 Å². The Hall–Kier alpha value is -2.40. The van der Waals surface area contributed by atoms with Gasteiger partial charge in [-0.2, -0.15) is 5.10 Å². The summed E-state index contributed by atoms with van der Waals surface area (Å²) in [6, 6.07) is 16.0. The standard InChI is InChI=1S/C20H18BrN3O/c1-13-19(14(2)24(22-13)17-9-7-16(21)8-10-17)20(25)23-12-11-15-5-3-4-6-18(15)23/h3-10H,11-12H2,1-2H3. The molecule has 4 rings (SSSR count). The van der Waals surface area contributed by atoms with E-state index < -0.39 is 0 Å². The number of aromatic nitrogens is 2. The van der Waals surface area contributed by atoms with Crippen LogP contribution >= 0.6 is 15.9 Å². The number of halogens is 1. The Morgan fingerprint density at radius 3 is 2.56 bits per heavy atom. The van der Waals surface area contributed by atoms with Gasteiger partial charge in [-0.3, -0.25) is 4.79 Å². The average molecular weight is 396 g/mol. The molecule has 25 heavy (non-hydrogen) atoms. The molecule has 1 aliphatic heterocycles. The number of fused-ring (bicyclic) bond motifs is 1. The molecular weight excluding hydrogens is 378 g/mol. The molecule has 0 saturated heterocycles. The van der Waals surface area contributed by atoms with Crippen LogP contribution in [0.15, 0.2) is 53.0 Å². The predicted molar refractivity (Wildman–Crippen MR) is 103 cm³/mol. The van der Waals surface area contributed by atoms with Gasteiger partial charge in [-0.15, -0.1) is 0 Å². The minimum absolute atomic E-state index is 0.0308. The van der Waals surface area contributed by atoms with E-state index in [9.17, 15) is 4.79 Å². The van der Waals surface area contributed by atoms with Crippen LogP contribution in [0.2, 0.25) is 0 Å². The summed E-state index contributed by atoms with van der Waals surface area (Å²) in [6.07, 6.45) is 0.904. The van der Waals surface area contributed by atoms with Crippen LogP contribution in [0.1, 0.15) is 27.3 Å². The second kappa shape index (κ2) is 6.15. The molecule has 0 atom stereocenters. The number of rotatable bonds is 2. The van der Waals surface area contributed by atoms with Crippen molar-refractivity contribution in [3.63, 3.8) is 0 Å². The Kier molecular flexibility index (Phi) is 3.96. The maximum Gasteiger partial charge on any atom is 0.262 e. The molecule has 5 heteroatoms. The fraction of sp³-hybridized carbons (Fsp3) is 0.200. The first-order valence-electron chi connectivity index (χ1n) is 8.28. The van der Waals surface area contributed by atoms with E-state index in [1.807, 2.05) is 65.9 Å². The molecule has 0 spiro atoms. The summed E-state index contributed by atoms with van der Waals surface area (Å²) >= 11 is 3.45. The van der Waals surface area contributed by atoms with Gasteiger partial charge in [-0.1, -0.05) is 34.1 Å². The quantitative estimate of drug-likeness (QED) is 0.642. The highest BCUT2D eigenvalue weighted by Gasteiger charge is 2.29. The minimum Gasteiger partial charge on any atom is -0.308 e. The van der Waals surface area contributed by atoms with Crippen molar-refractivity contribution in [2.45, 2.75) is 20.3 Å². The number of para-hydroxylation sites is 1. The molecule has 0 saturated carbocycles. The summed E-state index contributed by atoms with van der Waals surface area (Å²) < 4.78 is 2.86. The molecule has 126 valence electrons. The smallest absolute Gasteiger partial charge is 0.262 e. The second-order valence-corrected chi connectivity index (χ2v) is 7.19. The van der Waals surface area contributed by atoms with E-state index in [0.717, 1.165) is 40.2 Å². The lowest BCUT2D eigenvalue weighted by Gasteiger charge is -2.17. The largest absolute Gasteiger partial charge is 0.308 e. The van der Waals surface area contributed by atoms with E-state index in [4.69, 9.17) is 0 Å². The van der Waals surface area contributed by atoms with Crippen molar-refractivity contribution in [1.82, 2.24) is 9.78 Å². The van der Waals surface area contributed by atoms with Crippen LogP contribution in [0, 0.1) is 13.8 Å². The number of aryl methyl sites for hydroxylation is 1. The maximum absolute atomic E-state index is 13.2. The maximum atomic E-state index is 13.2. The zero-order valence-electron chi connectivity index (χ0n) is 14.2. The van der Waals surface area contributed by atoms with Crippen molar-refractivity contribution >= 4 is 27.5 Å². The molecule has 0 aliphatic carbocycles. The molecule has 0 bridgehead atoms. The van der Waals surface area contributed by atoms with Gasteiger partial charge in [0.2, 0.25) is 0 Å². The summed E-state index contributed by atoms with van der Waals surface area (Å²) in [5, 5.41) is 4.61. The Labute approximate surface area is 155 Å². The van der Waals surface area contributed by atoms with Crippen LogP contribution in [-0.4, -0.2) is 22.2 Å². The number of nitrogens with zero attached hydrogens (tertiary/aromatic N) is 3. The molecule has 2 aromatic carbocycles. The normalized spacial score (nSPS) is 13.2.